The zero-order valence-electron chi connectivity index (χ0n) is 13.2. The Labute approximate surface area is 148 Å². The molecule has 2 N–H and O–H groups in total. The van der Waals surface area contributed by atoms with E-state index in [9.17, 15) is 18.0 Å². The number of nitrogens with two attached hydrogens (primary N) is 1. The van der Waals surface area contributed by atoms with Crippen molar-refractivity contribution >= 4 is 24.0 Å². The minimum absolute atomic E-state index is 0. The van der Waals surface area contributed by atoms with Crippen molar-refractivity contribution in [2.24, 2.45) is 0 Å². The number of alkyl halides is 3. The van der Waals surface area contributed by atoms with Crippen molar-refractivity contribution in [1.82, 2.24) is 19.7 Å². The number of carbonyl (C=O) groups is 1. The quantitative estimate of drug-likeness (QED) is 0.835. The smallest absolute Gasteiger partial charge is 0.399 e. The number of nitrogens with zero attached hydrogens (tertiary/aromatic N) is 4. The van der Waals surface area contributed by atoms with Crippen LogP contribution in [0.5, 0.6) is 0 Å². The normalized spacial score (nSPS) is 14.0. The summed E-state index contributed by atoms with van der Waals surface area (Å²) in [6.45, 7) is 0.278. The number of fused-ring (bicyclic) bond motifs is 1. The summed E-state index contributed by atoms with van der Waals surface area (Å²) in [4.78, 5) is 13.8. The number of anilines is 1. The summed E-state index contributed by atoms with van der Waals surface area (Å²) in [5.74, 6) is -0.996. The van der Waals surface area contributed by atoms with Gasteiger partial charge in [-0.25, -0.2) is 0 Å². The maximum Gasteiger partial charge on any atom is 0.451 e. The summed E-state index contributed by atoms with van der Waals surface area (Å²) in [5, 5.41) is 6.77. The third kappa shape index (κ3) is 4.04. The average molecular weight is 376 g/mol. The number of halogens is 4. The van der Waals surface area contributed by atoms with Gasteiger partial charge in [0.05, 0.1) is 6.54 Å². The van der Waals surface area contributed by atoms with Gasteiger partial charge in [-0.15, -0.1) is 22.6 Å². The summed E-state index contributed by atoms with van der Waals surface area (Å²) in [7, 11) is 0. The van der Waals surface area contributed by atoms with Gasteiger partial charge in [0, 0.05) is 25.2 Å². The van der Waals surface area contributed by atoms with Gasteiger partial charge in [0.25, 0.3) is 0 Å². The van der Waals surface area contributed by atoms with Crippen LogP contribution in [0.25, 0.3) is 0 Å². The number of carbonyl (C=O) groups excluding carboxylic acids is 1. The third-order valence-corrected chi connectivity index (χ3v) is 4.02. The van der Waals surface area contributed by atoms with Crippen LogP contribution in [0.2, 0.25) is 0 Å². The minimum Gasteiger partial charge on any atom is -0.399 e. The van der Waals surface area contributed by atoms with Gasteiger partial charge in [0.2, 0.25) is 11.7 Å². The van der Waals surface area contributed by atoms with Crippen LogP contribution in [0, 0.1) is 0 Å². The summed E-state index contributed by atoms with van der Waals surface area (Å²) in [6.07, 6.45) is -3.81. The topological polar surface area (TPSA) is 77.0 Å². The van der Waals surface area contributed by atoms with Crippen molar-refractivity contribution in [3.05, 3.63) is 41.5 Å². The summed E-state index contributed by atoms with van der Waals surface area (Å²) >= 11 is 0. The molecule has 10 heteroatoms. The molecule has 2 aromatic rings. The number of aromatic nitrogens is 3. The number of nitrogen functional groups attached to an aromatic ring is 1. The number of benzene rings is 1. The first-order valence-corrected chi connectivity index (χ1v) is 7.46. The molecule has 0 atom stereocenters. The molecule has 2 heterocycles. The number of hydrogen-bond acceptors (Lipinski definition) is 4. The van der Waals surface area contributed by atoms with Gasteiger partial charge in [-0.05, 0) is 18.1 Å². The zero-order chi connectivity index (χ0) is 17.3. The van der Waals surface area contributed by atoms with E-state index in [0.717, 1.165) is 10.1 Å². The number of aryl methyl sites for hydroxylation is 1. The first-order chi connectivity index (χ1) is 11.4. The van der Waals surface area contributed by atoms with Crippen LogP contribution >= 0.6 is 12.4 Å². The Hall–Kier alpha value is -2.29. The maximum absolute atomic E-state index is 12.8. The fourth-order valence-corrected chi connectivity index (χ4v) is 2.74. The molecule has 6 nitrogen and oxygen atoms in total. The SMILES string of the molecule is Cl.Nc1ccccc1CCC(=O)N1CCn2c(nnc2C(F)(F)F)C1. The molecule has 1 aromatic heterocycles. The van der Waals surface area contributed by atoms with Gasteiger partial charge in [-0.2, -0.15) is 13.2 Å². The maximum atomic E-state index is 12.8. The summed E-state index contributed by atoms with van der Waals surface area (Å²) < 4.78 is 39.4. The lowest BCUT2D eigenvalue weighted by Crippen LogP contribution is -2.39. The number of rotatable bonds is 3. The van der Waals surface area contributed by atoms with Crippen molar-refractivity contribution in [3.8, 4) is 0 Å². The predicted octanol–water partition coefficient (Wildman–Crippen LogP) is 2.28. The molecule has 0 saturated heterocycles. The minimum atomic E-state index is -4.54. The van der Waals surface area contributed by atoms with Crippen LogP contribution in [0.4, 0.5) is 18.9 Å². The molecule has 0 saturated carbocycles. The largest absolute Gasteiger partial charge is 0.451 e. The molecule has 0 unspecified atom stereocenters. The van der Waals surface area contributed by atoms with Crippen LogP contribution in [-0.2, 0) is 30.5 Å². The fraction of sp³-hybridized carbons (Fsp3) is 0.400. The van der Waals surface area contributed by atoms with Gasteiger partial charge in [-0.1, -0.05) is 18.2 Å². The van der Waals surface area contributed by atoms with Gasteiger partial charge in [-0.3, -0.25) is 4.79 Å². The van der Waals surface area contributed by atoms with Crippen molar-refractivity contribution < 1.29 is 18.0 Å². The van der Waals surface area contributed by atoms with Crippen LogP contribution in [0.15, 0.2) is 24.3 Å². The van der Waals surface area contributed by atoms with Crippen LogP contribution < -0.4 is 5.73 Å². The third-order valence-electron chi connectivity index (χ3n) is 4.02. The van der Waals surface area contributed by atoms with E-state index in [1.807, 2.05) is 18.2 Å². The molecule has 25 heavy (non-hydrogen) atoms. The second-order valence-electron chi connectivity index (χ2n) is 5.60. The second-order valence-corrected chi connectivity index (χ2v) is 5.60. The number of amides is 1. The Kier molecular flexibility index (Phi) is 5.56. The Balaban J connectivity index is 0.00000225. The van der Waals surface area contributed by atoms with E-state index < -0.39 is 12.0 Å². The van der Waals surface area contributed by atoms with E-state index in [0.29, 0.717) is 12.1 Å². The van der Waals surface area contributed by atoms with Crippen molar-refractivity contribution in [2.75, 3.05) is 12.3 Å². The van der Waals surface area contributed by atoms with Gasteiger partial charge in [0.1, 0.15) is 0 Å². The Morgan fingerprint density at radius 2 is 1.92 bits per heavy atom. The highest BCUT2D eigenvalue weighted by Crippen LogP contribution is 2.29. The molecular weight excluding hydrogens is 359 g/mol. The van der Waals surface area contributed by atoms with Gasteiger partial charge < -0.3 is 15.2 Å². The lowest BCUT2D eigenvalue weighted by molar-refractivity contribution is -0.148. The molecule has 1 aromatic carbocycles. The standard InChI is InChI=1S/C15H16F3N5O.ClH/c16-15(17,18)14-21-20-12-9-22(7-8-23(12)14)13(24)6-5-10-3-1-2-4-11(10)19;/h1-4H,5-9,19H2;1H. The molecule has 0 fully saturated rings. The van der Waals surface area contributed by atoms with E-state index in [2.05, 4.69) is 10.2 Å². The van der Waals surface area contributed by atoms with Gasteiger partial charge >= 0.3 is 6.18 Å². The van der Waals surface area contributed by atoms with Crippen molar-refractivity contribution in [1.29, 1.82) is 0 Å². The Bertz CT molecular complexity index is 762. The predicted molar refractivity (Wildman–Crippen MR) is 86.9 cm³/mol. The van der Waals surface area contributed by atoms with E-state index in [1.165, 1.54) is 4.90 Å². The van der Waals surface area contributed by atoms with Gasteiger partial charge in [0.15, 0.2) is 5.82 Å². The summed E-state index contributed by atoms with van der Waals surface area (Å²) in [6, 6.07) is 7.28. The molecule has 3 rings (SSSR count). The molecule has 1 amide bonds. The molecule has 0 aliphatic carbocycles. The molecule has 0 spiro atoms. The molecule has 136 valence electrons. The van der Waals surface area contributed by atoms with Crippen molar-refractivity contribution in [2.45, 2.75) is 32.1 Å². The molecule has 1 aliphatic heterocycles. The molecule has 0 bridgehead atoms. The highest BCUT2D eigenvalue weighted by molar-refractivity contribution is 5.85. The monoisotopic (exact) mass is 375 g/mol. The lowest BCUT2D eigenvalue weighted by Gasteiger charge is -2.28. The average Bonchev–Trinajstić information content (AvgIpc) is 2.97. The molecule has 1 aliphatic rings. The van der Waals surface area contributed by atoms with Crippen LogP contribution in [0.3, 0.4) is 0 Å². The fourth-order valence-electron chi connectivity index (χ4n) is 2.74. The highest BCUT2D eigenvalue weighted by atomic mass is 35.5. The first-order valence-electron chi connectivity index (χ1n) is 7.46. The number of hydrogen-bond donors (Lipinski definition) is 1. The van der Waals surface area contributed by atoms with Crippen LogP contribution in [0.1, 0.15) is 23.6 Å². The number of para-hydroxylation sites is 1. The first kappa shape index (κ1) is 19.0. The Morgan fingerprint density at radius 1 is 1.20 bits per heavy atom. The Morgan fingerprint density at radius 3 is 2.60 bits per heavy atom. The van der Waals surface area contributed by atoms with E-state index >= 15 is 0 Å². The van der Waals surface area contributed by atoms with E-state index in [1.54, 1.807) is 6.07 Å². The summed E-state index contributed by atoms with van der Waals surface area (Å²) in [5.41, 5.74) is 7.34. The lowest BCUT2D eigenvalue weighted by atomic mass is 10.1. The van der Waals surface area contributed by atoms with Crippen molar-refractivity contribution in [3.63, 3.8) is 0 Å². The zero-order valence-corrected chi connectivity index (χ0v) is 14.0. The second kappa shape index (κ2) is 7.30. The highest BCUT2D eigenvalue weighted by Gasteiger charge is 2.39. The van der Waals surface area contributed by atoms with Crippen LogP contribution in [-0.4, -0.2) is 32.1 Å². The van der Waals surface area contributed by atoms with E-state index in [-0.39, 0.29) is 50.2 Å². The van der Waals surface area contributed by atoms with E-state index in [4.69, 9.17) is 5.73 Å². The molecule has 0 radical (unpaired) electrons. The molecular formula is C15H17ClF3N5O.